The second kappa shape index (κ2) is 6.23. The molecule has 0 aliphatic carbocycles. The van der Waals surface area contributed by atoms with Gasteiger partial charge in [0.2, 0.25) is 5.88 Å². The van der Waals surface area contributed by atoms with Crippen molar-refractivity contribution in [3.05, 3.63) is 41.6 Å². The van der Waals surface area contributed by atoms with Gasteiger partial charge in [0.15, 0.2) is 0 Å². The fourth-order valence-electron chi connectivity index (χ4n) is 2.00. The first-order chi connectivity index (χ1) is 10.3. The molecule has 22 heavy (non-hydrogen) atoms. The number of ether oxygens (including phenoxy) is 1. The van der Waals surface area contributed by atoms with Crippen molar-refractivity contribution >= 4 is 11.4 Å². The quantitative estimate of drug-likeness (QED) is 0.790. The normalized spacial score (nSPS) is 11.3. The summed E-state index contributed by atoms with van der Waals surface area (Å²) in [7, 11) is 0. The lowest BCUT2D eigenvalue weighted by Crippen LogP contribution is -2.30. The van der Waals surface area contributed by atoms with Crippen LogP contribution in [0.3, 0.4) is 0 Å². The van der Waals surface area contributed by atoms with E-state index in [4.69, 9.17) is 10.5 Å². The van der Waals surface area contributed by atoms with Gasteiger partial charge >= 0.3 is 0 Å². The molecule has 1 aromatic heterocycles. The highest BCUT2D eigenvalue weighted by Gasteiger charge is 2.18. The van der Waals surface area contributed by atoms with E-state index in [0.717, 1.165) is 16.9 Å². The van der Waals surface area contributed by atoms with Crippen LogP contribution in [0.4, 0.5) is 11.4 Å². The van der Waals surface area contributed by atoms with Gasteiger partial charge in [-0.2, -0.15) is 0 Å². The third kappa shape index (κ3) is 3.89. The molecule has 0 fully saturated rings. The molecule has 0 unspecified atom stereocenters. The molecule has 0 saturated carbocycles. The Bertz CT molecular complexity index is 649. The number of nitrogen functional groups attached to an aromatic ring is 1. The van der Waals surface area contributed by atoms with Gasteiger partial charge in [-0.25, -0.2) is 4.98 Å². The van der Waals surface area contributed by atoms with E-state index < -0.39 is 5.60 Å². The van der Waals surface area contributed by atoms with Gasteiger partial charge in [0.1, 0.15) is 11.4 Å². The molecule has 5 nitrogen and oxygen atoms in total. The van der Waals surface area contributed by atoms with Crippen molar-refractivity contribution in [1.82, 2.24) is 4.98 Å². The second-order valence-corrected chi connectivity index (χ2v) is 6.00. The molecule has 0 aliphatic heterocycles. The zero-order valence-corrected chi connectivity index (χ0v) is 13.5. The Morgan fingerprint density at radius 3 is 2.45 bits per heavy atom. The van der Waals surface area contributed by atoms with E-state index in [9.17, 15) is 5.11 Å². The minimum absolute atomic E-state index is 0.368. The molecule has 0 saturated heterocycles. The first kappa shape index (κ1) is 16.1. The number of aryl methyl sites for hydroxylation is 1. The number of anilines is 2. The standard InChI is InChI=1S/C17H23N3O2/c1-11-12(2)20-16(22-13-8-6-5-7-9-13)14(18)15(11)19-10-17(3,4)21/h5-9,21H,10,18H2,1-4H3,(H,19,20). The van der Waals surface area contributed by atoms with Crippen molar-refractivity contribution in [1.29, 1.82) is 0 Å². The highest BCUT2D eigenvalue weighted by atomic mass is 16.5. The summed E-state index contributed by atoms with van der Waals surface area (Å²) in [6, 6.07) is 9.39. The molecule has 5 heteroatoms. The molecule has 0 radical (unpaired) electrons. The van der Waals surface area contributed by atoms with Crippen LogP contribution in [0.15, 0.2) is 30.3 Å². The van der Waals surface area contributed by atoms with Crippen molar-refractivity contribution in [3.63, 3.8) is 0 Å². The van der Waals surface area contributed by atoms with E-state index in [2.05, 4.69) is 10.3 Å². The number of hydrogen-bond donors (Lipinski definition) is 3. The number of aromatic nitrogens is 1. The van der Waals surface area contributed by atoms with Gasteiger partial charge in [-0.1, -0.05) is 18.2 Å². The fraction of sp³-hybridized carbons (Fsp3) is 0.353. The molecular weight excluding hydrogens is 278 g/mol. The molecule has 0 aliphatic rings. The van der Waals surface area contributed by atoms with E-state index in [1.165, 1.54) is 0 Å². The summed E-state index contributed by atoms with van der Waals surface area (Å²) < 4.78 is 5.78. The third-order valence-corrected chi connectivity index (χ3v) is 3.34. The van der Waals surface area contributed by atoms with Crippen LogP contribution in [-0.2, 0) is 0 Å². The molecular formula is C17H23N3O2. The Morgan fingerprint density at radius 2 is 1.86 bits per heavy atom. The van der Waals surface area contributed by atoms with Gasteiger partial charge in [0, 0.05) is 12.2 Å². The Morgan fingerprint density at radius 1 is 1.23 bits per heavy atom. The molecule has 0 amide bonds. The van der Waals surface area contributed by atoms with Crippen LogP contribution in [0, 0.1) is 13.8 Å². The minimum atomic E-state index is -0.837. The maximum Gasteiger partial charge on any atom is 0.245 e. The number of pyridine rings is 1. The average molecular weight is 301 g/mol. The molecule has 1 heterocycles. The predicted molar refractivity (Wildman–Crippen MR) is 89.4 cm³/mol. The second-order valence-electron chi connectivity index (χ2n) is 6.00. The van der Waals surface area contributed by atoms with Crippen LogP contribution in [-0.4, -0.2) is 22.2 Å². The molecule has 118 valence electrons. The zero-order chi connectivity index (χ0) is 16.3. The fourth-order valence-corrected chi connectivity index (χ4v) is 2.00. The molecule has 0 atom stereocenters. The summed E-state index contributed by atoms with van der Waals surface area (Å²) in [6.45, 7) is 7.70. The van der Waals surface area contributed by atoms with Gasteiger partial charge in [-0.05, 0) is 45.4 Å². The number of nitrogens with two attached hydrogens (primary N) is 1. The maximum absolute atomic E-state index is 9.88. The number of nitrogens with one attached hydrogen (secondary N) is 1. The van der Waals surface area contributed by atoms with Gasteiger partial charge in [-0.15, -0.1) is 0 Å². The topological polar surface area (TPSA) is 80.4 Å². The molecule has 1 aromatic carbocycles. The van der Waals surface area contributed by atoms with Crippen molar-refractivity contribution < 1.29 is 9.84 Å². The Kier molecular flexibility index (Phi) is 4.56. The number of nitrogens with zero attached hydrogens (tertiary/aromatic N) is 1. The monoisotopic (exact) mass is 301 g/mol. The largest absolute Gasteiger partial charge is 0.437 e. The third-order valence-electron chi connectivity index (χ3n) is 3.34. The maximum atomic E-state index is 9.88. The number of rotatable bonds is 5. The lowest BCUT2D eigenvalue weighted by molar-refractivity contribution is 0.0945. The van der Waals surface area contributed by atoms with E-state index in [0.29, 0.717) is 23.9 Å². The van der Waals surface area contributed by atoms with Crippen molar-refractivity contribution in [2.45, 2.75) is 33.3 Å². The minimum Gasteiger partial charge on any atom is -0.437 e. The lowest BCUT2D eigenvalue weighted by atomic mass is 10.1. The molecule has 2 aromatic rings. The zero-order valence-electron chi connectivity index (χ0n) is 13.5. The summed E-state index contributed by atoms with van der Waals surface area (Å²) in [5, 5.41) is 13.1. The van der Waals surface area contributed by atoms with Crippen molar-refractivity contribution in [2.24, 2.45) is 0 Å². The van der Waals surface area contributed by atoms with Gasteiger partial charge in [0.25, 0.3) is 0 Å². The summed E-state index contributed by atoms with van der Waals surface area (Å²) in [6.07, 6.45) is 0. The van der Waals surface area contributed by atoms with Crippen molar-refractivity contribution in [3.8, 4) is 11.6 Å². The number of benzene rings is 1. The van der Waals surface area contributed by atoms with Crippen LogP contribution >= 0.6 is 0 Å². The summed E-state index contributed by atoms with van der Waals surface area (Å²) in [5.41, 5.74) is 8.33. The summed E-state index contributed by atoms with van der Waals surface area (Å²) in [4.78, 5) is 4.42. The van der Waals surface area contributed by atoms with Crippen LogP contribution in [0.25, 0.3) is 0 Å². The van der Waals surface area contributed by atoms with E-state index >= 15 is 0 Å². The van der Waals surface area contributed by atoms with E-state index in [1.807, 2.05) is 44.2 Å². The average Bonchev–Trinajstić information content (AvgIpc) is 2.44. The molecule has 0 bridgehead atoms. The first-order valence-corrected chi connectivity index (χ1v) is 7.24. The first-order valence-electron chi connectivity index (χ1n) is 7.24. The Hall–Kier alpha value is -2.27. The SMILES string of the molecule is Cc1nc(Oc2ccccc2)c(N)c(NCC(C)(C)O)c1C. The van der Waals surface area contributed by atoms with Crippen molar-refractivity contribution in [2.75, 3.05) is 17.6 Å². The predicted octanol–water partition coefficient (Wildman–Crippen LogP) is 3.26. The number of hydrogen-bond acceptors (Lipinski definition) is 5. The lowest BCUT2D eigenvalue weighted by Gasteiger charge is -2.22. The smallest absolute Gasteiger partial charge is 0.245 e. The van der Waals surface area contributed by atoms with Gasteiger partial charge in [-0.3, -0.25) is 0 Å². The molecule has 4 N–H and O–H groups in total. The molecule has 0 spiro atoms. The molecule has 2 rings (SSSR count). The number of aliphatic hydroxyl groups is 1. The summed E-state index contributed by atoms with van der Waals surface area (Å²) >= 11 is 0. The van der Waals surface area contributed by atoms with E-state index in [-0.39, 0.29) is 0 Å². The highest BCUT2D eigenvalue weighted by molar-refractivity contribution is 5.75. The Balaban J connectivity index is 2.34. The van der Waals surface area contributed by atoms with Gasteiger partial charge < -0.3 is 20.9 Å². The van der Waals surface area contributed by atoms with E-state index in [1.54, 1.807) is 13.8 Å². The van der Waals surface area contributed by atoms with Crippen LogP contribution < -0.4 is 15.8 Å². The van der Waals surface area contributed by atoms with Crippen LogP contribution in [0.1, 0.15) is 25.1 Å². The van der Waals surface area contributed by atoms with Crippen LogP contribution in [0.5, 0.6) is 11.6 Å². The Labute approximate surface area is 131 Å². The highest BCUT2D eigenvalue weighted by Crippen LogP contribution is 2.35. The number of para-hydroxylation sites is 1. The van der Waals surface area contributed by atoms with Gasteiger partial charge in [0.05, 0.1) is 11.3 Å². The summed E-state index contributed by atoms with van der Waals surface area (Å²) in [5.74, 6) is 1.05. The van der Waals surface area contributed by atoms with Crippen LogP contribution in [0.2, 0.25) is 0 Å².